The van der Waals surface area contributed by atoms with E-state index in [1.54, 1.807) is 0 Å². The Morgan fingerprint density at radius 1 is 1.32 bits per heavy atom. The molecule has 0 rings (SSSR count). The van der Waals surface area contributed by atoms with Gasteiger partial charge in [0.2, 0.25) is 0 Å². The fraction of sp³-hybridized carbons (Fsp3) is 0.385. The van der Waals surface area contributed by atoms with Crippen molar-refractivity contribution >= 4 is 35.1 Å². The van der Waals surface area contributed by atoms with E-state index in [0.717, 1.165) is 12.8 Å². The summed E-state index contributed by atoms with van der Waals surface area (Å²) in [5, 5.41) is 7.89. The third-order valence-electron chi connectivity index (χ3n) is 1.27. The first-order valence-electron chi connectivity index (χ1n) is 5.36. The molecule has 0 radical (unpaired) electrons. The second-order valence-corrected chi connectivity index (χ2v) is 4.26. The molecule has 0 amide bonds. The summed E-state index contributed by atoms with van der Waals surface area (Å²) in [6.45, 7) is 13.5. The number of hydrogen-bond donors (Lipinski definition) is 1. The van der Waals surface area contributed by atoms with Crippen LogP contribution >= 0.6 is 23.2 Å². The molecule has 1 N–H and O–H groups in total. The molecule has 0 aromatic heterocycles. The van der Waals surface area contributed by atoms with E-state index in [-0.39, 0.29) is 16.0 Å². The normalized spacial score (nSPS) is 7.79. The van der Waals surface area contributed by atoms with E-state index in [4.69, 9.17) is 28.3 Å². The van der Waals surface area contributed by atoms with Crippen molar-refractivity contribution in [1.82, 2.24) is 0 Å². The van der Waals surface area contributed by atoms with Crippen LogP contribution in [0.3, 0.4) is 0 Å². The van der Waals surface area contributed by atoms with Crippen LogP contribution in [0.1, 0.15) is 26.7 Å². The van der Waals surface area contributed by atoms with Crippen molar-refractivity contribution in [1.29, 1.82) is 0 Å². The van der Waals surface area contributed by atoms with Crippen LogP contribution in [0.4, 0.5) is 0 Å². The molecule has 0 aliphatic rings. The fourth-order valence-corrected chi connectivity index (χ4v) is 0.376. The lowest BCUT2D eigenvalue weighted by Gasteiger charge is -1.97. The molecule has 0 saturated heterocycles. The highest BCUT2D eigenvalue weighted by atomic mass is 35.5. The van der Waals surface area contributed by atoms with Crippen LogP contribution in [0.5, 0.6) is 0 Å². The highest BCUT2D eigenvalue weighted by Gasteiger charge is 1.91. The van der Waals surface area contributed by atoms with Gasteiger partial charge in [0, 0.05) is 11.6 Å². The summed E-state index contributed by atoms with van der Waals surface area (Å²) in [7, 11) is 0. The number of hydrogen-bond acceptors (Lipinski definition) is 3. The fourth-order valence-electron chi connectivity index (χ4n) is 0.376. The highest BCUT2D eigenvalue weighted by Crippen LogP contribution is 1.98. The Labute approximate surface area is 124 Å². The van der Waals surface area contributed by atoms with E-state index < -0.39 is 5.97 Å². The SMILES string of the molecule is C=C(C)C(=O)O.C=C(Cl)Cl.C=CC(=O)OCCCC. The lowest BCUT2D eigenvalue weighted by molar-refractivity contribution is -0.138. The van der Waals surface area contributed by atoms with Gasteiger partial charge in [-0.25, -0.2) is 9.59 Å². The summed E-state index contributed by atoms with van der Waals surface area (Å²) in [6, 6.07) is 0. The Kier molecular flexibility index (Phi) is 20.2. The van der Waals surface area contributed by atoms with Gasteiger partial charge in [0.15, 0.2) is 0 Å². The monoisotopic (exact) mass is 310 g/mol. The van der Waals surface area contributed by atoms with Gasteiger partial charge in [-0.2, -0.15) is 0 Å². The van der Waals surface area contributed by atoms with Gasteiger partial charge in [0.1, 0.15) is 0 Å². The van der Waals surface area contributed by atoms with Crippen molar-refractivity contribution in [3.05, 3.63) is 35.9 Å². The number of carbonyl (C=O) groups excluding carboxylic acids is 1. The van der Waals surface area contributed by atoms with E-state index in [1.807, 2.05) is 6.92 Å². The van der Waals surface area contributed by atoms with Gasteiger partial charge in [-0.15, -0.1) is 0 Å². The van der Waals surface area contributed by atoms with Gasteiger partial charge in [-0.1, -0.05) is 56.3 Å². The summed E-state index contributed by atoms with van der Waals surface area (Å²) in [5.74, 6) is -1.27. The van der Waals surface area contributed by atoms with Crippen LogP contribution in [0.2, 0.25) is 0 Å². The van der Waals surface area contributed by atoms with Gasteiger partial charge in [0.25, 0.3) is 0 Å². The molecule has 0 atom stereocenters. The maximum Gasteiger partial charge on any atom is 0.330 e. The highest BCUT2D eigenvalue weighted by molar-refractivity contribution is 6.55. The number of halogens is 2. The number of rotatable bonds is 5. The van der Waals surface area contributed by atoms with Crippen molar-refractivity contribution < 1.29 is 19.4 Å². The second kappa shape index (κ2) is 16.7. The van der Waals surface area contributed by atoms with E-state index >= 15 is 0 Å². The van der Waals surface area contributed by atoms with Crippen molar-refractivity contribution in [3.63, 3.8) is 0 Å². The summed E-state index contributed by atoms with van der Waals surface area (Å²) < 4.78 is 4.79. The summed E-state index contributed by atoms with van der Waals surface area (Å²) in [4.78, 5) is 19.9. The van der Waals surface area contributed by atoms with Gasteiger partial charge >= 0.3 is 11.9 Å². The smallest absolute Gasteiger partial charge is 0.330 e. The Balaban J connectivity index is -0.000000222. The first kappa shape index (κ1) is 22.9. The lowest BCUT2D eigenvalue weighted by atomic mass is 10.4. The number of carbonyl (C=O) groups is 2. The predicted molar refractivity (Wildman–Crippen MR) is 79.4 cm³/mol. The number of ether oxygens (including phenoxy) is 1. The van der Waals surface area contributed by atoms with E-state index in [1.165, 1.54) is 13.0 Å². The first-order chi connectivity index (χ1) is 8.68. The Morgan fingerprint density at radius 3 is 1.89 bits per heavy atom. The van der Waals surface area contributed by atoms with Crippen molar-refractivity contribution in [2.75, 3.05) is 6.61 Å². The van der Waals surface area contributed by atoms with Crippen molar-refractivity contribution in [2.24, 2.45) is 0 Å². The summed E-state index contributed by atoms with van der Waals surface area (Å²) >= 11 is 9.69. The van der Waals surface area contributed by atoms with Crippen LogP contribution in [-0.4, -0.2) is 23.7 Å². The quantitative estimate of drug-likeness (QED) is 0.472. The molecule has 110 valence electrons. The van der Waals surface area contributed by atoms with Crippen LogP contribution in [0, 0.1) is 0 Å². The molecule has 0 aromatic rings. The minimum absolute atomic E-state index is 0.111. The van der Waals surface area contributed by atoms with Crippen LogP contribution in [0.15, 0.2) is 35.9 Å². The molecule has 0 heterocycles. The standard InChI is InChI=1S/C7H12O2.C4H6O2.C2H2Cl2/c1-3-5-6-9-7(8)4-2;1-3(2)4(5)6;1-2(3)4/h4H,2-3,5-6H2,1H3;1H2,2H3,(H,5,6);1H2. The molecule has 0 aliphatic carbocycles. The Hall–Kier alpha value is -1.26. The molecule has 0 spiro atoms. The molecule has 0 aliphatic heterocycles. The summed E-state index contributed by atoms with van der Waals surface area (Å²) in [6.07, 6.45) is 3.15. The zero-order valence-corrected chi connectivity index (χ0v) is 12.8. The minimum Gasteiger partial charge on any atom is -0.478 e. The maximum atomic E-state index is 10.3. The molecule has 19 heavy (non-hydrogen) atoms. The number of carboxylic acids is 1. The lowest BCUT2D eigenvalue weighted by Crippen LogP contribution is -2.00. The first-order valence-corrected chi connectivity index (χ1v) is 6.12. The number of unbranched alkanes of at least 4 members (excludes halogenated alkanes) is 1. The Morgan fingerprint density at radius 2 is 1.68 bits per heavy atom. The summed E-state index contributed by atoms with van der Waals surface area (Å²) in [5.41, 5.74) is 0.176. The van der Waals surface area contributed by atoms with E-state index in [9.17, 15) is 9.59 Å². The second-order valence-electron chi connectivity index (χ2n) is 3.15. The predicted octanol–water partition coefficient (Wildman–Crippen LogP) is 4.10. The van der Waals surface area contributed by atoms with Gasteiger partial charge < -0.3 is 9.84 Å². The topological polar surface area (TPSA) is 63.6 Å². The van der Waals surface area contributed by atoms with Crippen molar-refractivity contribution in [3.8, 4) is 0 Å². The molecule has 0 fully saturated rings. The van der Waals surface area contributed by atoms with Crippen molar-refractivity contribution in [2.45, 2.75) is 26.7 Å². The van der Waals surface area contributed by atoms with Gasteiger partial charge in [0.05, 0.1) is 11.1 Å². The number of carboxylic acid groups (broad SMARTS) is 1. The minimum atomic E-state index is -0.935. The zero-order valence-electron chi connectivity index (χ0n) is 11.2. The molecule has 0 bridgehead atoms. The average molecular weight is 311 g/mol. The van der Waals surface area contributed by atoms with Gasteiger partial charge in [-0.05, 0) is 13.3 Å². The molecular formula is C13H20Cl2O4. The Bertz CT molecular complexity index is 296. The van der Waals surface area contributed by atoms with E-state index in [0.29, 0.717) is 6.61 Å². The van der Waals surface area contributed by atoms with Crippen LogP contribution in [0.25, 0.3) is 0 Å². The molecule has 6 heteroatoms. The molecular weight excluding hydrogens is 291 g/mol. The molecule has 0 unspecified atom stereocenters. The number of esters is 1. The third-order valence-corrected chi connectivity index (χ3v) is 1.27. The number of aliphatic carboxylic acids is 1. The average Bonchev–Trinajstić information content (AvgIpc) is 2.29. The van der Waals surface area contributed by atoms with Crippen LogP contribution in [-0.2, 0) is 14.3 Å². The van der Waals surface area contributed by atoms with E-state index in [2.05, 4.69) is 24.5 Å². The largest absolute Gasteiger partial charge is 0.478 e. The van der Waals surface area contributed by atoms with Crippen LogP contribution < -0.4 is 0 Å². The third kappa shape index (κ3) is 38.3. The maximum absolute atomic E-state index is 10.3. The van der Waals surface area contributed by atoms with Gasteiger partial charge in [-0.3, -0.25) is 0 Å². The molecule has 0 aromatic carbocycles. The zero-order chi connectivity index (χ0) is 15.8. The molecule has 4 nitrogen and oxygen atoms in total. The molecule has 0 saturated carbocycles.